The van der Waals surface area contributed by atoms with E-state index in [9.17, 15) is 0 Å². The first-order valence-electron chi connectivity index (χ1n) is 2.44. The number of rotatable bonds is 1. The molecule has 0 N–H and O–H groups in total. The van der Waals surface area contributed by atoms with Crippen molar-refractivity contribution in [2.75, 3.05) is 0 Å². The molecular formula is C4HN4O2. The summed E-state index contributed by atoms with van der Waals surface area (Å²) in [5.74, 6) is 0.321. The Labute approximate surface area is 54.8 Å². The quantitative estimate of drug-likeness (QED) is 0.547. The van der Waals surface area contributed by atoms with Gasteiger partial charge in [-0.25, -0.2) is 4.63 Å². The fourth-order valence-corrected chi connectivity index (χ4v) is 0.511. The molecule has 0 bridgehead atoms. The van der Waals surface area contributed by atoms with E-state index in [2.05, 4.69) is 35.8 Å². The number of aromatic nitrogens is 4. The maximum absolute atomic E-state index is 4.45. The molecule has 2 heterocycles. The highest BCUT2D eigenvalue weighted by molar-refractivity contribution is 5.42. The Hall–Kier alpha value is -1.72. The zero-order chi connectivity index (χ0) is 6.81. The summed E-state index contributed by atoms with van der Waals surface area (Å²) in [6.45, 7) is 0. The highest BCUT2D eigenvalue weighted by atomic mass is 16.6. The topological polar surface area (TPSA) is 77.8 Å². The molecule has 0 atom stereocenters. The zero-order valence-corrected chi connectivity index (χ0v) is 4.68. The van der Waals surface area contributed by atoms with Crippen molar-refractivity contribution < 1.29 is 9.15 Å². The van der Waals surface area contributed by atoms with Crippen LogP contribution in [-0.2, 0) is 0 Å². The summed E-state index contributed by atoms with van der Waals surface area (Å²) >= 11 is 0. The highest BCUT2D eigenvalue weighted by Crippen LogP contribution is 2.06. The van der Waals surface area contributed by atoms with Gasteiger partial charge in [0.25, 0.3) is 0 Å². The van der Waals surface area contributed by atoms with Crippen molar-refractivity contribution in [1.82, 2.24) is 20.5 Å². The number of nitrogens with zero attached hydrogens (tertiary/aromatic N) is 4. The van der Waals surface area contributed by atoms with Crippen LogP contribution in [0.1, 0.15) is 0 Å². The van der Waals surface area contributed by atoms with E-state index in [1.54, 1.807) is 0 Å². The van der Waals surface area contributed by atoms with Gasteiger partial charge in [0, 0.05) is 0 Å². The number of hydrogen-bond acceptors (Lipinski definition) is 6. The molecule has 1 radical (unpaired) electrons. The minimum Gasteiger partial charge on any atom is -0.342 e. The Morgan fingerprint density at radius 2 is 2.40 bits per heavy atom. The molecule has 0 fully saturated rings. The maximum Gasteiger partial charge on any atom is 0.226 e. The van der Waals surface area contributed by atoms with Crippen molar-refractivity contribution in [3.8, 4) is 11.5 Å². The van der Waals surface area contributed by atoms with E-state index in [0.29, 0.717) is 11.5 Å². The van der Waals surface area contributed by atoms with Gasteiger partial charge < -0.3 is 4.52 Å². The lowest BCUT2D eigenvalue weighted by Gasteiger charge is -1.74. The third kappa shape index (κ3) is 0.661. The Balaban J connectivity index is 2.48. The summed E-state index contributed by atoms with van der Waals surface area (Å²) in [5.41, 5.74) is 0.341. The lowest BCUT2D eigenvalue weighted by Crippen LogP contribution is -1.77. The van der Waals surface area contributed by atoms with E-state index >= 15 is 0 Å². The summed E-state index contributed by atoms with van der Waals surface area (Å²) in [6.07, 6.45) is 3.62. The molecule has 0 unspecified atom stereocenters. The van der Waals surface area contributed by atoms with Gasteiger partial charge in [0.15, 0.2) is 11.9 Å². The monoisotopic (exact) mass is 137 g/mol. The summed E-state index contributed by atoms with van der Waals surface area (Å²) in [5, 5.41) is 10.2. The van der Waals surface area contributed by atoms with Crippen LogP contribution in [0.25, 0.3) is 11.5 Å². The average molecular weight is 137 g/mol. The minimum atomic E-state index is 0.321. The standard InChI is InChI=1S/C4HN4O2/c1-3(7-10-6-1)4-5-2-9-8-4/h2H. The van der Waals surface area contributed by atoms with Crippen molar-refractivity contribution in [2.45, 2.75) is 0 Å². The van der Waals surface area contributed by atoms with Crippen molar-refractivity contribution in [3.63, 3.8) is 0 Å². The fourth-order valence-electron chi connectivity index (χ4n) is 0.511. The molecule has 0 spiro atoms. The van der Waals surface area contributed by atoms with Crippen LogP contribution < -0.4 is 0 Å². The van der Waals surface area contributed by atoms with Crippen LogP contribution in [0.15, 0.2) is 15.5 Å². The van der Waals surface area contributed by atoms with Crippen LogP contribution in [0, 0.1) is 6.20 Å². The summed E-state index contributed by atoms with van der Waals surface area (Å²) in [6, 6.07) is 0. The third-order valence-electron chi connectivity index (χ3n) is 0.898. The van der Waals surface area contributed by atoms with E-state index in [1.165, 1.54) is 6.39 Å². The molecule has 0 saturated carbocycles. The van der Waals surface area contributed by atoms with Gasteiger partial charge in [-0.1, -0.05) is 5.16 Å². The molecule has 0 aliphatic rings. The summed E-state index contributed by atoms with van der Waals surface area (Å²) in [7, 11) is 0. The van der Waals surface area contributed by atoms with Crippen molar-refractivity contribution in [3.05, 3.63) is 12.6 Å². The molecule has 2 aromatic heterocycles. The smallest absolute Gasteiger partial charge is 0.226 e. The fraction of sp³-hybridized carbons (Fsp3) is 0. The predicted octanol–water partition coefficient (Wildman–Crippen LogP) is -0.0802. The van der Waals surface area contributed by atoms with Crippen LogP contribution in [0.5, 0.6) is 0 Å². The van der Waals surface area contributed by atoms with Gasteiger partial charge >= 0.3 is 0 Å². The molecule has 6 heteroatoms. The van der Waals surface area contributed by atoms with Crippen LogP contribution in [0.3, 0.4) is 0 Å². The largest absolute Gasteiger partial charge is 0.342 e. The first-order chi connectivity index (χ1) is 4.97. The molecule has 10 heavy (non-hydrogen) atoms. The van der Waals surface area contributed by atoms with E-state index in [-0.39, 0.29) is 0 Å². The van der Waals surface area contributed by atoms with Crippen LogP contribution in [0.2, 0.25) is 0 Å². The Bertz CT molecular complexity index is 255. The second-order valence-electron chi connectivity index (χ2n) is 1.48. The van der Waals surface area contributed by atoms with Crippen LogP contribution in [-0.4, -0.2) is 20.5 Å². The van der Waals surface area contributed by atoms with Gasteiger partial charge in [0.2, 0.25) is 12.2 Å². The van der Waals surface area contributed by atoms with Gasteiger partial charge in [0.1, 0.15) is 0 Å². The van der Waals surface area contributed by atoms with Gasteiger partial charge in [-0.05, 0) is 10.3 Å². The minimum absolute atomic E-state index is 0.321. The lowest BCUT2D eigenvalue weighted by atomic mass is 10.5. The van der Waals surface area contributed by atoms with Gasteiger partial charge in [-0.3, -0.25) is 0 Å². The SMILES string of the molecule is [c]1nonc1-c1ncon1. The summed E-state index contributed by atoms with van der Waals surface area (Å²) in [4.78, 5) is 3.69. The molecule has 49 valence electrons. The number of hydrogen-bond donors (Lipinski definition) is 0. The van der Waals surface area contributed by atoms with Gasteiger partial charge in [-0.2, -0.15) is 4.98 Å². The van der Waals surface area contributed by atoms with Crippen molar-refractivity contribution in [1.29, 1.82) is 0 Å². The zero-order valence-electron chi connectivity index (χ0n) is 4.68. The molecule has 0 saturated heterocycles. The molecule has 6 nitrogen and oxygen atoms in total. The van der Waals surface area contributed by atoms with E-state index < -0.39 is 0 Å². The van der Waals surface area contributed by atoms with Crippen molar-refractivity contribution in [2.24, 2.45) is 0 Å². The molecular weight excluding hydrogens is 136 g/mol. The second-order valence-corrected chi connectivity index (χ2v) is 1.48. The Morgan fingerprint density at radius 1 is 1.40 bits per heavy atom. The van der Waals surface area contributed by atoms with Crippen LogP contribution in [0.4, 0.5) is 0 Å². The Kier molecular flexibility index (Phi) is 0.970. The third-order valence-corrected chi connectivity index (χ3v) is 0.898. The highest BCUT2D eigenvalue weighted by Gasteiger charge is 2.06. The van der Waals surface area contributed by atoms with E-state index in [4.69, 9.17) is 0 Å². The maximum atomic E-state index is 4.45. The summed E-state index contributed by atoms with van der Waals surface area (Å²) < 4.78 is 8.71. The van der Waals surface area contributed by atoms with Gasteiger partial charge in [0.05, 0.1) is 0 Å². The molecule has 0 aliphatic carbocycles. The van der Waals surface area contributed by atoms with E-state index in [1.807, 2.05) is 0 Å². The first-order valence-corrected chi connectivity index (χ1v) is 2.44. The van der Waals surface area contributed by atoms with E-state index in [0.717, 1.165) is 0 Å². The van der Waals surface area contributed by atoms with Crippen molar-refractivity contribution >= 4 is 0 Å². The lowest BCUT2D eigenvalue weighted by molar-refractivity contribution is 0.307. The first kappa shape index (κ1) is 5.10. The van der Waals surface area contributed by atoms with Gasteiger partial charge in [-0.15, -0.1) is 0 Å². The molecule has 0 aromatic carbocycles. The molecule has 0 aliphatic heterocycles. The average Bonchev–Trinajstić information content (AvgIpc) is 2.59. The van der Waals surface area contributed by atoms with Crippen LogP contribution >= 0.6 is 0 Å². The normalized spacial score (nSPS) is 10.0. The molecule has 0 amide bonds. The second kappa shape index (κ2) is 1.90. The Morgan fingerprint density at radius 3 is 3.00 bits per heavy atom. The predicted molar refractivity (Wildman–Crippen MR) is 26.4 cm³/mol. The molecule has 2 rings (SSSR count). The molecule has 2 aromatic rings.